The Bertz CT molecular complexity index is 727. The molecule has 5 nitrogen and oxygen atoms in total. The molecule has 2 bridgehead atoms. The second-order valence-electron chi connectivity index (χ2n) is 7.67. The summed E-state index contributed by atoms with van der Waals surface area (Å²) in [6.07, 6.45) is 3.24. The number of esters is 1. The van der Waals surface area contributed by atoms with Gasteiger partial charge in [0.2, 0.25) is 0 Å². The molecule has 2 aliphatic carbocycles. The highest BCUT2D eigenvalue weighted by atomic mass is 35.5. The number of nitrogens with zero attached hydrogens (tertiary/aromatic N) is 1. The molecule has 0 spiro atoms. The summed E-state index contributed by atoms with van der Waals surface area (Å²) < 4.78 is 5.01. The molecule has 6 heteroatoms. The van der Waals surface area contributed by atoms with Crippen molar-refractivity contribution in [2.75, 3.05) is 6.61 Å². The number of benzene rings is 1. The summed E-state index contributed by atoms with van der Waals surface area (Å²) in [6.45, 7) is 6.43. The first kappa shape index (κ1) is 17.9. The smallest absolute Gasteiger partial charge is 0.338 e. The Balaban J connectivity index is 1.54. The van der Waals surface area contributed by atoms with Crippen LogP contribution in [-0.4, -0.2) is 24.2 Å². The number of amides is 1. The number of carbonyl (C=O) groups excluding carboxylic acids is 2. The first-order valence-corrected chi connectivity index (χ1v) is 8.90. The van der Waals surface area contributed by atoms with Crippen molar-refractivity contribution in [1.82, 2.24) is 5.43 Å². The molecule has 134 valence electrons. The quantitative estimate of drug-likeness (QED) is 0.654. The van der Waals surface area contributed by atoms with Gasteiger partial charge in [0.1, 0.15) is 0 Å². The maximum atomic E-state index is 11.9. The van der Waals surface area contributed by atoms with Crippen molar-refractivity contribution >= 4 is 29.2 Å². The third-order valence-corrected chi connectivity index (χ3v) is 6.49. The van der Waals surface area contributed by atoms with Gasteiger partial charge >= 0.3 is 5.97 Å². The summed E-state index contributed by atoms with van der Waals surface area (Å²) in [4.78, 5) is 23.8. The van der Waals surface area contributed by atoms with E-state index in [1.165, 1.54) is 6.42 Å². The van der Waals surface area contributed by atoms with Gasteiger partial charge in [0.05, 0.1) is 5.56 Å². The van der Waals surface area contributed by atoms with Gasteiger partial charge in [-0.05, 0) is 54.9 Å². The van der Waals surface area contributed by atoms with Gasteiger partial charge in [-0.15, -0.1) is 0 Å². The lowest BCUT2D eigenvalue weighted by Crippen LogP contribution is -2.34. The number of hydrazone groups is 1. The van der Waals surface area contributed by atoms with Gasteiger partial charge in [-0.3, -0.25) is 4.79 Å². The lowest BCUT2D eigenvalue weighted by atomic mass is 9.70. The number of fused-ring (bicyclic) bond motifs is 2. The highest BCUT2D eigenvalue weighted by Crippen LogP contribution is 2.63. The first-order valence-electron chi connectivity index (χ1n) is 8.52. The molecule has 3 rings (SSSR count). The summed E-state index contributed by atoms with van der Waals surface area (Å²) in [6, 6.07) is 6.31. The van der Waals surface area contributed by atoms with Crippen LogP contribution in [0.4, 0.5) is 0 Å². The second kappa shape index (κ2) is 6.45. The number of nitrogens with one attached hydrogen (secondary N) is 1. The lowest BCUT2D eigenvalue weighted by molar-refractivity contribution is -0.124. The van der Waals surface area contributed by atoms with Crippen LogP contribution in [0.15, 0.2) is 29.4 Å². The van der Waals surface area contributed by atoms with Crippen LogP contribution in [0.25, 0.3) is 0 Å². The molecule has 2 atom stereocenters. The fraction of sp³-hybridized carbons (Fsp3) is 0.526. The van der Waals surface area contributed by atoms with Crippen LogP contribution < -0.4 is 5.43 Å². The Morgan fingerprint density at radius 3 is 2.52 bits per heavy atom. The van der Waals surface area contributed by atoms with Gasteiger partial charge in [-0.1, -0.05) is 32.4 Å². The van der Waals surface area contributed by atoms with Crippen LogP contribution in [0.3, 0.4) is 0 Å². The van der Waals surface area contributed by atoms with E-state index in [4.69, 9.17) is 16.3 Å². The topological polar surface area (TPSA) is 67.8 Å². The Morgan fingerprint density at radius 2 is 1.96 bits per heavy atom. The summed E-state index contributed by atoms with van der Waals surface area (Å²) in [5.41, 5.74) is 4.18. The molecule has 1 aromatic carbocycles. The average molecular weight is 363 g/mol. The van der Waals surface area contributed by atoms with Gasteiger partial charge in [-0.25, -0.2) is 10.2 Å². The van der Waals surface area contributed by atoms with Crippen LogP contribution in [0.2, 0.25) is 5.02 Å². The molecule has 0 aromatic heterocycles. The van der Waals surface area contributed by atoms with Crippen LogP contribution in [0.5, 0.6) is 0 Å². The van der Waals surface area contributed by atoms with Gasteiger partial charge < -0.3 is 4.74 Å². The van der Waals surface area contributed by atoms with E-state index in [2.05, 4.69) is 31.3 Å². The number of halogens is 1. The van der Waals surface area contributed by atoms with E-state index < -0.39 is 11.9 Å². The summed E-state index contributed by atoms with van der Waals surface area (Å²) in [5, 5.41) is 4.88. The molecule has 2 aliphatic rings. The Kier molecular flexibility index (Phi) is 4.62. The fourth-order valence-electron chi connectivity index (χ4n) is 4.06. The van der Waals surface area contributed by atoms with E-state index in [0.29, 0.717) is 16.5 Å². The minimum atomic E-state index is -0.563. The molecule has 0 aliphatic heterocycles. The standard InChI is InChI=1S/C19H23ClN2O3/c1-18(2)13-8-9-19(18,3)15(10-13)21-22-16(23)11-25-17(24)12-4-6-14(20)7-5-12/h4-7,13H,8-11H2,1-3H3,(H,22,23)/b21-15+/t13-,19-/m1/s1. The Morgan fingerprint density at radius 1 is 1.28 bits per heavy atom. The molecule has 0 radical (unpaired) electrons. The Labute approximate surface area is 152 Å². The average Bonchev–Trinajstić information content (AvgIpc) is 2.91. The van der Waals surface area contributed by atoms with Crippen molar-refractivity contribution < 1.29 is 14.3 Å². The summed E-state index contributed by atoms with van der Waals surface area (Å²) >= 11 is 5.77. The largest absolute Gasteiger partial charge is 0.452 e. The normalized spacial score (nSPS) is 28.2. The molecule has 0 saturated heterocycles. The summed E-state index contributed by atoms with van der Waals surface area (Å²) in [7, 11) is 0. The van der Waals surface area contributed by atoms with Crippen LogP contribution >= 0.6 is 11.6 Å². The molecule has 2 fully saturated rings. The Hall–Kier alpha value is -1.88. The van der Waals surface area contributed by atoms with Gasteiger partial charge in [0.15, 0.2) is 6.61 Å². The molecule has 0 heterocycles. The zero-order valence-electron chi connectivity index (χ0n) is 14.8. The van der Waals surface area contributed by atoms with Crippen molar-refractivity contribution in [1.29, 1.82) is 0 Å². The van der Waals surface area contributed by atoms with Crippen LogP contribution in [-0.2, 0) is 9.53 Å². The predicted octanol–water partition coefficient (Wildman–Crippen LogP) is 3.82. The van der Waals surface area contributed by atoms with Gasteiger partial charge in [0, 0.05) is 16.1 Å². The fourth-order valence-corrected chi connectivity index (χ4v) is 4.19. The number of carbonyl (C=O) groups is 2. The molecular weight excluding hydrogens is 340 g/mol. The van der Waals surface area contributed by atoms with E-state index in [1.54, 1.807) is 24.3 Å². The van der Waals surface area contributed by atoms with Crippen molar-refractivity contribution in [2.24, 2.45) is 21.8 Å². The van der Waals surface area contributed by atoms with Crippen LogP contribution in [0.1, 0.15) is 50.4 Å². The van der Waals surface area contributed by atoms with Gasteiger partial charge in [-0.2, -0.15) is 5.10 Å². The van der Waals surface area contributed by atoms with Crippen molar-refractivity contribution in [3.8, 4) is 0 Å². The SMILES string of the molecule is CC1(C)[C@@H]2CC[C@]1(C)/C(=N/NC(=O)COC(=O)c1ccc(Cl)cc1)C2. The number of ether oxygens (including phenoxy) is 1. The van der Waals surface area contributed by atoms with Crippen LogP contribution in [0, 0.1) is 16.7 Å². The third-order valence-electron chi connectivity index (χ3n) is 6.24. The predicted molar refractivity (Wildman–Crippen MR) is 96.5 cm³/mol. The summed E-state index contributed by atoms with van der Waals surface area (Å²) in [5.74, 6) is -0.373. The van der Waals surface area contributed by atoms with Crippen molar-refractivity contribution in [2.45, 2.75) is 40.0 Å². The number of hydrogen-bond donors (Lipinski definition) is 1. The molecular formula is C19H23ClN2O3. The minimum Gasteiger partial charge on any atom is -0.452 e. The maximum Gasteiger partial charge on any atom is 0.338 e. The lowest BCUT2D eigenvalue weighted by Gasteiger charge is -2.34. The number of rotatable bonds is 4. The first-order chi connectivity index (χ1) is 11.7. The van der Waals surface area contributed by atoms with E-state index in [-0.39, 0.29) is 17.4 Å². The molecule has 1 amide bonds. The zero-order valence-corrected chi connectivity index (χ0v) is 15.5. The highest BCUT2D eigenvalue weighted by Gasteiger charge is 2.59. The zero-order chi connectivity index (χ0) is 18.2. The minimum absolute atomic E-state index is 0.0327. The monoisotopic (exact) mass is 362 g/mol. The molecule has 0 unspecified atom stereocenters. The van der Waals surface area contributed by atoms with Gasteiger partial charge in [0.25, 0.3) is 5.91 Å². The van der Waals surface area contributed by atoms with Crippen molar-refractivity contribution in [3.63, 3.8) is 0 Å². The second-order valence-corrected chi connectivity index (χ2v) is 8.11. The highest BCUT2D eigenvalue weighted by molar-refractivity contribution is 6.30. The van der Waals surface area contributed by atoms with E-state index >= 15 is 0 Å². The third kappa shape index (κ3) is 3.17. The molecule has 25 heavy (non-hydrogen) atoms. The maximum absolute atomic E-state index is 11.9. The van der Waals surface area contributed by atoms with Crippen molar-refractivity contribution in [3.05, 3.63) is 34.9 Å². The molecule has 1 N–H and O–H groups in total. The molecule has 1 aromatic rings. The van der Waals surface area contributed by atoms with E-state index in [0.717, 1.165) is 18.6 Å². The van der Waals surface area contributed by atoms with E-state index in [9.17, 15) is 9.59 Å². The van der Waals surface area contributed by atoms with E-state index in [1.807, 2.05) is 0 Å². The molecule has 2 saturated carbocycles. The number of hydrogen-bond acceptors (Lipinski definition) is 4.